The maximum Gasteiger partial charge on any atom is 0.0159 e. The van der Waals surface area contributed by atoms with Gasteiger partial charge in [0.1, 0.15) is 0 Å². The average Bonchev–Trinajstić information content (AvgIpc) is 3.46. The summed E-state index contributed by atoms with van der Waals surface area (Å²) in [6.07, 6.45) is 0. The van der Waals surface area contributed by atoms with Crippen LogP contribution in [-0.4, -0.2) is 0 Å². The van der Waals surface area contributed by atoms with Crippen molar-refractivity contribution in [3.8, 4) is 44.5 Å². The minimum atomic E-state index is -0.110. The monoisotopic (exact) mass is 696 g/mol. The van der Waals surface area contributed by atoms with Crippen LogP contribution in [0.3, 0.4) is 0 Å². The van der Waals surface area contributed by atoms with Crippen LogP contribution < -0.4 is 0 Å². The molecule has 256 valence electrons. The second kappa shape index (κ2) is 11.1. The molecule has 0 heterocycles. The van der Waals surface area contributed by atoms with Crippen LogP contribution in [0.1, 0.15) is 25.0 Å². The highest BCUT2D eigenvalue weighted by Gasteiger charge is 2.36. The third-order valence-corrected chi connectivity index (χ3v) is 12.8. The lowest BCUT2D eigenvalue weighted by Gasteiger charge is -2.22. The summed E-state index contributed by atoms with van der Waals surface area (Å²) < 4.78 is 0. The highest BCUT2D eigenvalue weighted by molar-refractivity contribution is 6.28. The summed E-state index contributed by atoms with van der Waals surface area (Å²) in [5.74, 6) is 0. The molecule has 0 saturated heterocycles. The van der Waals surface area contributed by atoms with Gasteiger partial charge in [0, 0.05) is 5.41 Å². The minimum absolute atomic E-state index is 0.110. The molecule has 0 nitrogen and oxygen atoms in total. The summed E-state index contributed by atoms with van der Waals surface area (Å²) in [6.45, 7) is 4.80. The van der Waals surface area contributed by atoms with Gasteiger partial charge in [-0.3, -0.25) is 0 Å². The predicted octanol–water partition coefficient (Wildman–Crippen LogP) is 15.4. The van der Waals surface area contributed by atoms with Gasteiger partial charge in [-0.05, 0) is 145 Å². The van der Waals surface area contributed by atoms with Crippen molar-refractivity contribution in [3.05, 3.63) is 193 Å². The molecule has 0 aliphatic heterocycles. The van der Waals surface area contributed by atoms with E-state index in [0.717, 1.165) is 0 Å². The van der Waals surface area contributed by atoms with Crippen LogP contribution >= 0.6 is 0 Å². The van der Waals surface area contributed by atoms with Crippen molar-refractivity contribution in [1.29, 1.82) is 0 Å². The van der Waals surface area contributed by atoms with Crippen LogP contribution in [0.4, 0.5) is 0 Å². The Morgan fingerprint density at radius 2 is 0.764 bits per heavy atom. The lowest BCUT2D eigenvalue weighted by atomic mass is 9.81. The highest BCUT2D eigenvalue weighted by atomic mass is 14.4. The third kappa shape index (κ3) is 4.28. The minimum Gasteiger partial charge on any atom is -0.0622 e. The molecule has 0 spiro atoms. The second-order valence-corrected chi connectivity index (χ2v) is 16.0. The Morgan fingerprint density at radius 3 is 1.40 bits per heavy atom. The number of fused-ring (bicyclic) bond motifs is 9. The van der Waals surface area contributed by atoms with Gasteiger partial charge < -0.3 is 0 Å². The second-order valence-electron chi connectivity index (χ2n) is 16.0. The van der Waals surface area contributed by atoms with Crippen molar-refractivity contribution in [3.63, 3.8) is 0 Å². The summed E-state index contributed by atoms with van der Waals surface area (Å²) in [6, 6.07) is 68.4. The first-order chi connectivity index (χ1) is 27.0. The van der Waals surface area contributed by atoms with Gasteiger partial charge in [-0.25, -0.2) is 0 Å². The molecule has 0 atom stereocenters. The van der Waals surface area contributed by atoms with Gasteiger partial charge in [-0.2, -0.15) is 0 Å². The van der Waals surface area contributed by atoms with E-state index in [9.17, 15) is 0 Å². The SMILES string of the molecule is CC1(C)c2ccc(-c3ccc4ccc5c(-c6cccc(-c7ccccc7)c6)ccc6ccc3c4c65)cc2-c2cc3c4ccccc4c4ccccc4c3cc21. The molecule has 11 aromatic rings. The first kappa shape index (κ1) is 30.7. The standard InChI is InChI=1S/C55H36/c1-55(2)51-28-23-38(30-49(51)50-31-47-43-17-8-6-15-41(43)42-16-7-9-18-44(42)48(47)32-52(50)55)40-25-20-35-21-26-45-39(24-19-34-22-27-46(40)54(35)53(34)45)37-14-10-13-36(29-37)33-11-4-3-5-12-33/h3-32H,1-2H3. The Hall–Kier alpha value is -6.76. The summed E-state index contributed by atoms with van der Waals surface area (Å²) >= 11 is 0. The van der Waals surface area contributed by atoms with E-state index >= 15 is 0 Å². The molecule has 11 aromatic carbocycles. The molecular weight excluding hydrogens is 661 g/mol. The van der Waals surface area contributed by atoms with Gasteiger partial charge in [-0.15, -0.1) is 0 Å². The predicted molar refractivity (Wildman–Crippen MR) is 237 cm³/mol. The van der Waals surface area contributed by atoms with Crippen molar-refractivity contribution in [2.24, 2.45) is 0 Å². The van der Waals surface area contributed by atoms with E-state index in [-0.39, 0.29) is 5.41 Å². The fourth-order valence-corrected chi connectivity index (χ4v) is 10.1. The van der Waals surface area contributed by atoms with Gasteiger partial charge in [0.15, 0.2) is 0 Å². The lowest BCUT2D eigenvalue weighted by molar-refractivity contribution is 0.661. The normalized spacial score (nSPS) is 13.4. The zero-order valence-corrected chi connectivity index (χ0v) is 30.8. The largest absolute Gasteiger partial charge is 0.0622 e. The van der Waals surface area contributed by atoms with Crippen molar-refractivity contribution in [2.45, 2.75) is 19.3 Å². The Kier molecular flexibility index (Phi) is 6.21. The molecular formula is C55H36. The van der Waals surface area contributed by atoms with E-state index in [2.05, 4.69) is 196 Å². The number of benzene rings is 11. The molecule has 1 aliphatic rings. The molecule has 0 saturated carbocycles. The Labute approximate surface area is 320 Å². The lowest BCUT2D eigenvalue weighted by Crippen LogP contribution is -2.14. The number of rotatable bonds is 3. The highest BCUT2D eigenvalue weighted by Crippen LogP contribution is 2.53. The summed E-state index contributed by atoms with van der Waals surface area (Å²) in [7, 11) is 0. The van der Waals surface area contributed by atoms with E-state index in [0.29, 0.717) is 0 Å². The molecule has 55 heavy (non-hydrogen) atoms. The maximum absolute atomic E-state index is 2.50. The first-order valence-electron chi connectivity index (χ1n) is 19.4. The zero-order valence-electron chi connectivity index (χ0n) is 30.8. The first-order valence-corrected chi connectivity index (χ1v) is 19.4. The quantitative estimate of drug-likeness (QED) is 0.161. The topological polar surface area (TPSA) is 0 Å². The van der Waals surface area contributed by atoms with Crippen LogP contribution in [-0.2, 0) is 5.41 Å². The van der Waals surface area contributed by atoms with Crippen molar-refractivity contribution >= 4 is 64.6 Å². The fourth-order valence-electron chi connectivity index (χ4n) is 10.1. The zero-order chi connectivity index (χ0) is 36.4. The Bertz CT molecular complexity index is 3380. The molecule has 0 unspecified atom stereocenters. The molecule has 0 N–H and O–H groups in total. The average molecular weight is 697 g/mol. The molecule has 0 heteroatoms. The van der Waals surface area contributed by atoms with Crippen LogP contribution in [0.25, 0.3) is 109 Å². The summed E-state index contributed by atoms with van der Waals surface area (Å²) in [4.78, 5) is 0. The van der Waals surface area contributed by atoms with E-state index < -0.39 is 0 Å². The molecule has 1 aliphatic carbocycles. The van der Waals surface area contributed by atoms with Gasteiger partial charge in [0.05, 0.1) is 0 Å². The van der Waals surface area contributed by atoms with Gasteiger partial charge in [0.2, 0.25) is 0 Å². The number of hydrogen-bond acceptors (Lipinski definition) is 0. The molecule has 12 rings (SSSR count). The van der Waals surface area contributed by atoms with Crippen molar-refractivity contribution in [1.82, 2.24) is 0 Å². The van der Waals surface area contributed by atoms with E-state index in [4.69, 9.17) is 0 Å². The maximum atomic E-state index is 2.50. The molecule has 0 radical (unpaired) electrons. The van der Waals surface area contributed by atoms with Gasteiger partial charge >= 0.3 is 0 Å². The van der Waals surface area contributed by atoms with Crippen LogP contribution in [0.15, 0.2) is 182 Å². The Balaban J connectivity index is 1.06. The van der Waals surface area contributed by atoms with Gasteiger partial charge in [0.25, 0.3) is 0 Å². The fraction of sp³-hybridized carbons (Fsp3) is 0.0545. The smallest absolute Gasteiger partial charge is 0.0159 e. The summed E-state index contributed by atoms with van der Waals surface area (Å²) in [5.41, 5.74) is 12.9. The van der Waals surface area contributed by atoms with E-state index in [1.807, 2.05) is 0 Å². The van der Waals surface area contributed by atoms with Crippen LogP contribution in [0, 0.1) is 0 Å². The van der Waals surface area contributed by atoms with Crippen molar-refractivity contribution in [2.75, 3.05) is 0 Å². The summed E-state index contributed by atoms with van der Waals surface area (Å²) in [5, 5.41) is 15.8. The van der Waals surface area contributed by atoms with Crippen LogP contribution in [0.5, 0.6) is 0 Å². The van der Waals surface area contributed by atoms with Crippen molar-refractivity contribution < 1.29 is 0 Å². The van der Waals surface area contributed by atoms with E-state index in [1.54, 1.807) is 0 Å². The molecule has 0 bridgehead atoms. The number of hydrogen-bond donors (Lipinski definition) is 0. The van der Waals surface area contributed by atoms with Crippen LogP contribution in [0.2, 0.25) is 0 Å². The molecule has 0 aromatic heterocycles. The Morgan fingerprint density at radius 1 is 0.273 bits per heavy atom. The van der Waals surface area contributed by atoms with E-state index in [1.165, 1.54) is 120 Å². The molecule has 0 amide bonds. The third-order valence-electron chi connectivity index (χ3n) is 12.8. The molecule has 0 fully saturated rings. The van der Waals surface area contributed by atoms with Gasteiger partial charge in [-0.1, -0.05) is 172 Å².